The van der Waals surface area contributed by atoms with Crippen molar-refractivity contribution in [1.82, 2.24) is 5.32 Å². The molecule has 0 spiro atoms. The highest BCUT2D eigenvalue weighted by molar-refractivity contribution is 9.10. The van der Waals surface area contributed by atoms with Gasteiger partial charge in [-0.15, -0.1) is 12.4 Å². The molecular formula is C20H22BrClFN3O2. The molecule has 2 aliphatic heterocycles. The summed E-state index contributed by atoms with van der Waals surface area (Å²) in [5, 5.41) is 3.34. The molecule has 150 valence electrons. The number of methoxy groups -OCH3 is 1. The van der Waals surface area contributed by atoms with Gasteiger partial charge in [-0.05, 0) is 60.1 Å². The van der Waals surface area contributed by atoms with Crippen LogP contribution in [-0.4, -0.2) is 39.2 Å². The Morgan fingerprint density at radius 2 is 1.96 bits per heavy atom. The molecule has 0 aliphatic carbocycles. The van der Waals surface area contributed by atoms with E-state index in [4.69, 9.17) is 9.47 Å². The molecule has 2 heterocycles. The number of anilines is 2. The van der Waals surface area contributed by atoms with Gasteiger partial charge in [0.05, 0.1) is 23.0 Å². The van der Waals surface area contributed by atoms with E-state index in [-0.39, 0.29) is 24.3 Å². The fraction of sp³-hybridized carbons (Fsp3) is 0.350. The van der Waals surface area contributed by atoms with E-state index in [0.29, 0.717) is 28.3 Å². The lowest BCUT2D eigenvalue weighted by Crippen LogP contribution is -2.34. The van der Waals surface area contributed by atoms with Crippen LogP contribution in [0, 0.1) is 5.82 Å². The van der Waals surface area contributed by atoms with Gasteiger partial charge in [0.15, 0.2) is 17.3 Å². The average Bonchev–Trinajstić information content (AvgIpc) is 2.70. The number of fused-ring (bicyclic) bond motifs is 1. The van der Waals surface area contributed by atoms with Crippen LogP contribution in [0.1, 0.15) is 18.4 Å². The first kappa shape index (κ1) is 20.9. The summed E-state index contributed by atoms with van der Waals surface area (Å²) in [6.07, 6.45) is 3.84. The number of halogens is 3. The Labute approximate surface area is 178 Å². The van der Waals surface area contributed by atoms with Crippen molar-refractivity contribution >= 4 is 45.9 Å². The second kappa shape index (κ2) is 9.11. The minimum absolute atomic E-state index is 0. The van der Waals surface area contributed by atoms with Gasteiger partial charge in [0.25, 0.3) is 0 Å². The smallest absolute Gasteiger partial charge is 0.163 e. The molecule has 1 fully saturated rings. The van der Waals surface area contributed by atoms with Crippen LogP contribution in [0.3, 0.4) is 0 Å². The lowest BCUT2D eigenvalue weighted by Gasteiger charge is -2.30. The van der Waals surface area contributed by atoms with Crippen molar-refractivity contribution in [3.8, 4) is 11.5 Å². The Morgan fingerprint density at radius 3 is 2.71 bits per heavy atom. The van der Waals surface area contributed by atoms with Gasteiger partial charge in [0.2, 0.25) is 0 Å². The third-order valence-corrected chi connectivity index (χ3v) is 5.47. The van der Waals surface area contributed by atoms with Crippen LogP contribution in [0.4, 0.5) is 15.8 Å². The minimum Gasteiger partial charge on any atom is -0.493 e. The zero-order valence-electron chi connectivity index (χ0n) is 15.5. The summed E-state index contributed by atoms with van der Waals surface area (Å²) in [4.78, 5) is 6.23. The summed E-state index contributed by atoms with van der Waals surface area (Å²) in [6, 6.07) is 9.09. The summed E-state index contributed by atoms with van der Waals surface area (Å²) >= 11 is 3.26. The van der Waals surface area contributed by atoms with E-state index < -0.39 is 0 Å². The molecule has 1 saturated heterocycles. The highest BCUT2D eigenvalue weighted by Crippen LogP contribution is 2.41. The lowest BCUT2D eigenvalue weighted by molar-refractivity contribution is 0.157. The zero-order valence-corrected chi connectivity index (χ0v) is 17.9. The second-order valence-electron chi connectivity index (χ2n) is 6.58. The van der Waals surface area contributed by atoms with Crippen molar-refractivity contribution in [2.45, 2.75) is 18.9 Å². The number of benzene rings is 2. The van der Waals surface area contributed by atoms with Crippen molar-refractivity contribution in [1.29, 1.82) is 0 Å². The lowest BCUT2D eigenvalue weighted by atomic mass is 10.1. The van der Waals surface area contributed by atoms with Crippen LogP contribution in [0.2, 0.25) is 0 Å². The van der Waals surface area contributed by atoms with Crippen LogP contribution in [0.25, 0.3) is 0 Å². The summed E-state index contributed by atoms with van der Waals surface area (Å²) < 4.78 is 26.9. The van der Waals surface area contributed by atoms with Gasteiger partial charge in [-0.3, -0.25) is 4.99 Å². The van der Waals surface area contributed by atoms with Gasteiger partial charge >= 0.3 is 0 Å². The van der Waals surface area contributed by atoms with Crippen molar-refractivity contribution in [3.63, 3.8) is 0 Å². The van der Waals surface area contributed by atoms with Crippen molar-refractivity contribution in [2.75, 3.05) is 31.8 Å². The summed E-state index contributed by atoms with van der Waals surface area (Å²) in [5.41, 5.74) is 2.20. The van der Waals surface area contributed by atoms with E-state index in [1.165, 1.54) is 0 Å². The highest BCUT2D eigenvalue weighted by atomic mass is 79.9. The van der Waals surface area contributed by atoms with Crippen LogP contribution in [0.15, 0.2) is 39.8 Å². The first-order valence-corrected chi connectivity index (χ1v) is 9.77. The van der Waals surface area contributed by atoms with E-state index in [1.807, 2.05) is 23.1 Å². The summed E-state index contributed by atoms with van der Waals surface area (Å²) in [7, 11) is 1.63. The monoisotopic (exact) mass is 469 g/mol. The van der Waals surface area contributed by atoms with Crippen LogP contribution < -0.4 is 19.7 Å². The number of hydrogen-bond donors (Lipinski definition) is 1. The van der Waals surface area contributed by atoms with Gasteiger partial charge in [-0.25, -0.2) is 4.39 Å². The summed E-state index contributed by atoms with van der Waals surface area (Å²) in [6.45, 7) is 2.24. The molecule has 2 aliphatic rings. The van der Waals surface area contributed by atoms with E-state index in [0.717, 1.165) is 37.2 Å². The molecule has 4 rings (SSSR count). The Morgan fingerprint density at radius 1 is 1.18 bits per heavy atom. The van der Waals surface area contributed by atoms with E-state index in [9.17, 15) is 4.39 Å². The Hall–Kier alpha value is -1.83. The standard InChI is InChI=1S/C20H21BrFN3O2.ClH/c1-26-18-9-13-11-24-12-25(16-4-2-3-15(21)20(16)22)17(13)10-19(18)27-14-5-7-23-8-6-14;/h2-4,9-11,14,23H,5-8,12H2,1H3;1H. The molecule has 2 aromatic carbocycles. The van der Waals surface area contributed by atoms with Gasteiger partial charge < -0.3 is 19.7 Å². The van der Waals surface area contributed by atoms with Crippen LogP contribution in [0.5, 0.6) is 11.5 Å². The fourth-order valence-corrected chi connectivity index (χ4v) is 3.81. The van der Waals surface area contributed by atoms with Crippen LogP contribution >= 0.6 is 28.3 Å². The Kier molecular flexibility index (Phi) is 6.80. The predicted octanol–water partition coefficient (Wildman–Crippen LogP) is 4.68. The van der Waals surface area contributed by atoms with Gasteiger partial charge in [0, 0.05) is 17.8 Å². The second-order valence-corrected chi connectivity index (χ2v) is 7.44. The maximum atomic E-state index is 14.7. The molecule has 0 atom stereocenters. The van der Waals surface area contributed by atoms with Gasteiger partial charge in [-0.1, -0.05) is 6.07 Å². The van der Waals surface area contributed by atoms with Crippen molar-refractivity contribution < 1.29 is 13.9 Å². The number of rotatable bonds is 4. The molecular weight excluding hydrogens is 449 g/mol. The highest BCUT2D eigenvalue weighted by Gasteiger charge is 2.24. The van der Waals surface area contributed by atoms with E-state index in [1.54, 1.807) is 25.5 Å². The molecule has 0 amide bonds. The molecule has 0 saturated carbocycles. The molecule has 0 radical (unpaired) electrons. The van der Waals surface area contributed by atoms with Crippen LogP contribution in [-0.2, 0) is 0 Å². The topological polar surface area (TPSA) is 46.1 Å². The molecule has 0 aromatic heterocycles. The first-order chi connectivity index (χ1) is 13.2. The molecule has 28 heavy (non-hydrogen) atoms. The number of ether oxygens (including phenoxy) is 2. The molecule has 2 aromatic rings. The maximum absolute atomic E-state index is 14.7. The third-order valence-electron chi connectivity index (χ3n) is 4.86. The Bertz CT molecular complexity index is 875. The predicted molar refractivity (Wildman–Crippen MR) is 115 cm³/mol. The summed E-state index contributed by atoms with van der Waals surface area (Å²) in [5.74, 6) is 1.03. The fourth-order valence-electron chi connectivity index (χ4n) is 3.45. The molecule has 8 heteroatoms. The van der Waals surface area contributed by atoms with Crippen molar-refractivity contribution in [3.05, 3.63) is 46.2 Å². The quantitative estimate of drug-likeness (QED) is 0.705. The maximum Gasteiger partial charge on any atom is 0.163 e. The SMILES string of the molecule is COc1cc2c(cc1OC1CCNCC1)N(c1cccc(Br)c1F)CN=C2.Cl. The molecule has 0 unspecified atom stereocenters. The number of piperidine rings is 1. The molecule has 0 bridgehead atoms. The normalized spacial score (nSPS) is 16.3. The number of aliphatic imine (C=N–C) groups is 1. The molecule has 5 nitrogen and oxygen atoms in total. The number of nitrogens with one attached hydrogen (secondary N) is 1. The number of nitrogens with zero attached hydrogens (tertiary/aromatic N) is 2. The first-order valence-electron chi connectivity index (χ1n) is 8.98. The van der Waals surface area contributed by atoms with E-state index in [2.05, 4.69) is 26.2 Å². The molecule has 1 N–H and O–H groups in total. The van der Waals surface area contributed by atoms with Gasteiger partial charge in [-0.2, -0.15) is 0 Å². The Balaban J connectivity index is 0.00000225. The van der Waals surface area contributed by atoms with Crippen molar-refractivity contribution in [2.24, 2.45) is 4.99 Å². The number of hydrogen-bond acceptors (Lipinski definition) is 5. The van der Waals surface area contributed by atoms with E-state index >= 15 is 0 Å². The van der Waals surface area contributed by atoms with Gasteiger partial charge in [0.1, 0.15) is 12.8 Å². The minimum atomic E-state index is -0.308. The third kappa shape index (κ3) is 4.11. The largest absolute Gasteiger partial charge is 0.493 e. The average molecular weight is 471 g/mol. The zero-order chi connectivity index (χ0) is 18.8.